The zero-order valence-corrected chi connectivity index (χ0v) is 12.0. The Hall–Kier alpha value is -1.81. The molecule has 4 nitrogen and oxygen atoms in total. The first-order chi connectivity index (χ1) is 9.79. The van der Waals surface area contributed by atoms with Crippen LogP contribution in [0, 0.1) is 0 Å². The normalized spacial score (nSPS) is 10.4. The van der Waals surface area contributed by atoms with Crippen molar-refractivity contribution in [2.75, 3.05) is 6.54 Å². The fraction of sp³-hybridized carbons (Fsp3) is 0.333. The average Bonchev–Trinajstić information content (AvgIpc) is 3.00. The van der Waals surface area contributed by atoms with Gasteiger partial charge in [0.1, 0.15) is 0 Å². The van der Waals surface area contributed by atoms with Gasteiger partial charge in [0.2, 0.25) is 0 Å². The number of aromatic nitrogens is 2. The Morgan fingerprint density at radius 3 is 2.70 bits per heavy atom. The molecule has 20 heavy (non-hydrogen) atoms. The number of nitrogens with zero attached hydrogens (tertiary/aromatic N) is 2. The summed E-state index contributed by atoms with van der Waals surface area (Å²) in [5, 5.41) is 2.92. The maximum atomic E-state index is 11.9. The average molecular weight is 292 g/mol. The van der Waals surface area contributed by atoms with E-state index in [2.05, 4.69) is 10.3 Å². The third-order valence-corrected chi connectivity index (χ3v) is 3.37. The number of benzene rings is 1. The van der Waals surface area contributed by atoms with Gasteiger partial charge < -0.3 is 9.88 Å². The number of aryl methyl sites for hydroxylation is 1. The van der Waals surface area contributed by atoms with E-state index >= 15 is 0 Å². The smallest absolute Gasteiger partial charge is 0.251 e. The number of carbonyl (C=O) groups excluding carboxylic acids is 1. The van der Waals surface area contributed by atoms with Crippen LogP contribution in [-0.4, -0.2) is 22.0 Å². The van der Waals surface area contributed by atoms with Crippen LogP contribution in [0.1, 0.15) is 28.8 Å². The van der Waals surface area contributed by atoms with Gasteiger partial charge in [-0.3, -0.25) is 4.79 Å². The zero-order valence-electron chi connectivity index (χ0n) is 11.3. The molecule has 1 heterocycles. The lowest BCUT2D eigenvalue weighted by Crippen LogP contribution is -2.24. The molecular weight excluding hydrogens is 274 g/mol. The second kappa shape index (κ2) is 7.70. The van der Waals surface area contributed by atoms with E-state index in [-0.39, 0.29) is 5.91 Å². The standard InChI is InChI=1S/C15H18ClN3O/c16-11-13-3-5-14(6-4-13)15(20)18-7-1-2-9-19-10-8-17-12-19/h3-6,8,10,12H,1-2,7,9,11H2,(H,18,20). The summed E-state index contributed by atoms with van der Waals surface area (Å²) in [6.45, 7) is 1.62. The second-order valence-electron chi connectivity index (χ2n) is 4.59. The molecule has 0 aliphatic heterocycles. The first-order valence-corrected chi connectivity index (χ1v) is 7.22. The molecule has 0 saturated carbocycles. The van der Waals surface area contributed by atoms with Crippen LogP contribution in [0.15, 0.2) is 43.0 Å². The zero-order chi connectivity index (χ0) is 14.2. The number of rotatable bonds is 7. The van der Waals surface area contributed by atoms with Crippen molar-refractivity contribution in [2.24, 2.45) is 0 Å². The van der Waals surface area contributed by atoms with Crippen molar-refractivity contribution in [2.45, 2.75) is 25.3 Å². The second-order valence-corrected chi connectivity index (χ2v) is 4.86. The summed E-state index contributed by atoms with van der Waals surface area (Å²) < 4.78 is 2.03. The number of alkyl halides is 1. The molecule has 1 amide bonds. The number of hydrogen-bond acceptors (Lipinski definition) is 2. The van der Waals surface area contributed by atoms with Crippen LogP contribution in [0.2, 0.25) is 0 Å². The Bertz CT molecular complexity index is 523. The number of amides is 1. The maximum Gasteiger partial charge on any atom is 0.251 e. The first-order valence-electron chi connectivity index (χ1n) is 6.68. The van der Waals surface area contributed by atoms with Gasteiger partial charge in [-0.1, -0.05) is 12.1 Å². The van der Waals surface area contributed by atoms with Crippen LogP contribution < -0.4 is 5.32 Å². The number of halogens is 1. The molecule has 1 N–H and O–H groups in total. The van der Waals surface area contributed by atoms with Crippen molar-refractivity contribution in [3.05, 3.63) is 54.1 Å². The molecule has 0 radical (unpaired) electrons. The van der Waals surface area contributed by atoms with Crippen molar-refractivity contribution in [1.29, 1.82) is 0 Å². The summed E-state index contributed by atoms with van der Waals surface area (Å²) in [7, 11) is 0. The highest BCUT2D eigenvalue weighted by Crippen LogP contribution is 2.06. The summed E-state index contributed by atoms with van der Waals surface area (Å²) in [6, 6.07) is 7.36. The third kappa shape index (κ3) is 4.38. The molecule has 106 valence electrons. The predicted octanol–water partition coefficient (Wildman–Crippen LogP) is 2.83. The van der Waals surface area contributed by atoms with E-state index in [1.165, 1.54) is 0 Å². The van der Waals surface area contributed by atoms with Gasteiger partial charge in [-0.15, -0.1) is 11.6 Å². The topological polar surface area (TPSA) is 46.9 Å². The largest absolute Gasteiger partial charge is 0.352 e. The number of imidazole rings is 1. The molecule has 0 spiro atoms. The number of unbranched alkanes of at least 4 members (excludes halogenated alkanes) is 1. The van der Waals surface area contributed by atoms with E-state index in [0.29, 0.717) is 18.0 Å². The third-order valence-electron chi connectivity index (χ3n) is 3.06. The number of hydrogen-bond donors (Lipinski definition) is 1. The quantitative estimate of drug-likeness (QED) is 0.630. The molecule has 1 aromatic carbocycles. The highest BCUT2D eigenvalue weighted by molar-refractivity contribution is 6.17. The molecule has 0 aliphatic carbocycles. The predicted molar refractivity (Wildman–Crippen MR) is 79.8 cm³/mol. The van der Waals surface area contributed by atoms with Gasteiger partial charge in [0, 0.05) is 36.9 Å². The van der Waals surface area contributed by atoms with Crippen LogP contribution in [0.5, 0.6) is 0 Å². The van der Waals surface area contributed by atoms with Crippen molar-refractivity contribution < 1.29 is 4.79 Å². The molecule has 0 atom stereocenters. The minimum Gasteiger partial charge on any atom is -0.352 e. The lowest BCUT2D eigenvalue weighted by atomic mass is 10.1. The summed E-state index contributed by atoms with van der Waals surface area (Å²) in [4.78, 5) is 15.9. The molecule has 0 bridgehead atoms. The van der Waals surface area contributed by atoms with E-state index in [1.807, 2.05) is 22.9 Å². The SMILES string of the molecule is O=C(NCCCCn1ccnc1)c1ccc(CCl)cc1. The van der Waals surface area contributed by atoms with E-state index in [0.717, 1.165) is 24.9 Å². The van der Waals surface area contributed by atoms with Crippen LogP contribution in [0.3, 0.4) is 0 Å². The van der Waals surface area contributed by atoms with Gasteiger partial charge in [-0.05, 0) is 30.5 Å². The maximum absolute atomic E-state index is 11.9. The molecule has 0 unspecified atom stereocenters. The summed E-state index contributed by atoms with van der Waals surface area (Å²) >= 11 is 5.71. The van der Waals surface area contributed by atoms with Crippen LogP contribution in [0.25, 0.3) is 0 Å². The highest BCUT2D eigenvalue weighted by Gasteiger charge is 2.04. The van der Waals surface area contributed by atoms with Crippen LogP contribution in [0.4, 0.5) is 0 Å². The van der Waals surface area contributed by atoms with Gasteiger partial charge in [-0.2, -0.15) is 0 Å². The van der Waals surface area contributed by atoms with Gasteiger partial charge in [0.25, 0.3) is 5.91 Å². The summed E-state index contributed by atoms with van der Waals surface area (Å²) in [6.07, 6.45) is 7.48. The molecule has 5 heteroatoms. The van der Waals surface area contributed by atoms with Crippen LogP contribution >= 0.6 is 11.6 Å². The van der Waals surface area contributed by atoms with Crippen molar-refractivity contribution in [3.8, 4) is 0 Å². The van der Waals surface area contributed by atoms with Gasteiger partial charge in [-0.25, -0.2) is 4.98 Å². The lowest BCUT2D eigenvalue weighted by molar-refractivity contribution is 0.0953. The van der Waals surface area contributed by atoms with Gasteiger partial charge >= 0.3 is 0 Å². The molecule has 2 aromatic rings. The fourth-order valence-electron chi connectivity index (χ4n) is 1.89. The Kier molecular flexibility index (Phi) is 5.62. The van der Waals surface area contributed by atoms with Gasteiger partial charge in [0.05, 0.1) is 6.33 Å². The van der Waals surface area contributed by atoms with E-state index in [4.69, 9.17) is 11.6 Å². The first kappa shape index (κ1) is 14.6. The minimum atomic E-state index is -0.0336. The Morgan fingerprint density at radius 2 is 2.05 bits per heavy atom. The molecule has 1 aromatic heterocycles. The van der Waals surface area contributed by atoms with E-state index in [9.17, 15) is 4.79 Å². The number of nitrogens with one attached hydrogen (secondary N) is 1. The summed E-state index contributed by atoms with van der Waals surface area (Å²) in [5.41, 5.74) is 1.69. The minimum absolute atomic E-state index is 0.0336. The van der Waals surface area contributed by atoms with E-state index < -0.39 is 0 Å². The summed E-state index contributed by atoms with van der Waals surface area (Å²) in [5.74, 6) is 0.435. The highest BCUT2D eigenvalue weighted by atomic mass is 35.5. The molecule has 0 aliphatic rings. The van der Waals surface area contributed by atoms with Crippen molar-refractivity contribution in [1.82, 2.24) is 14.9 Å². The fourth-order valence-corrected chi connectivity index (χ4v) is 2.07. The van der Waals surface area contributed by atoms with Gasteiger partial charge in [0.15, 0.2) is 0 Å². The Labute approximate surface area is 123 Å². The molecular formula is C15H18ClN3O. The number of carbonyl (C=O) groups is 1. The van der Waals surface area contributed by atoms with Crippen LogP contribution in [-0.2, 0) is 12.4 Å². The lowest BCUT2D eigenvalue weighted by Gasteiger charge is -2.06. The van der Waals surface area contributed by atoms with E-state index in [1.54, 1.807) is 24.7 Å². The molecule has 0 fully saturated rings. The molecule has 2 rings (SSSR count). The monoisotopic (exact) mass is 291 g/mol. The Balaban J connectivity index is 1.66. The molecule has 0 saturated heterocycles. The Morgan fingerprint density at radius 1 is 1.25 bits per heavy atom. The van der Waals surface area contributed by atoms with Crippen molar-refractivity contribution >= 4 is 17.5 Å². The van der Waals surface area contributed by atoms with Crippen molar-refractivity contribution in [3.63, 3.8) is 0 Å².